The summed E-state index contributed by atoms with van der Waals surface area (Å²) in [6, 6.07) is 0. The second kappa shape index (κ2) is 6.60. The molecule has 1 atom stereocenters. The second-order valence-electron chi connectivity index (χ2n) is 3.47. The highest BCUT2D eigenvalue weighted by atomic mass is 16.5. The molecule has 1 unspecified atom stereocenters. The van der Waals surface area contributed by atoms with Gasteiger partial charge in [-0.15, -0.1) is 0 Å². The van der Waals surface area contributed by atoms with Crippen LogP contribution < -0.4 is 11.3 Å². The van der Waals surface area contributed by atoms with E-state index in [0.717, 1.165) is 19.5 Å². The number of morpholine rings is 1. The van der Waals surface area contributed by atoms with Crippen LogP contribution in [0.2, 0.25) is 0 Å². The zero-order chi connectivity index (χ0) is 11.1. The number of aliphatic imine (C=N–C) groups is 1. The van der Waals surface area contributed by atoms with Crippen molar-refractivity contribution in [2.75, 3.05) is 32.8 Å². The Morgan fingerprint density at radius 2 is 2.53 bits per heavy atom. The van der Waals surface area contributed by atoms with Crippen molar-refractivity contribution >= 4 is 5.96 Å². The number of nitrogens with one attached hydrogen (secondary N) is 1. The standard InChI is InChI=1S/C9H20N4O2/c1-2-3-11-9(12-10)13-4-5-15-8(6-13)7-14/h8,14H,2-7,10H2,1H3,(H,11,12). The van der Waals surface area contributed by atoms with Crippen molar-refractivity contribution in [3.05, 3.63) is 0 Å². The van der Waals surface area contributed by atoms with Crippen molar-refractivity contribution in [1.29, 1.82) is 0 Å². The van der Waals surface area contributed by atoms with Crippen LogP contribution >= 0.6 is 0 Å². The first kappa shape index (κ1) is 12.2. The van der Waals surface area contributed by atoms with Crippen molar-refractivity contribution in [1.82, 2.24) is 10.3 Å². The fraction of sp³-hybridized carbons (Fsp3) is 0.889. The van der Waals surface area contributed by atoms with Crippen LogP contribution in [0.4, 0.5) is 0 Å². The van der Waals surface area contributed by atoms with E-state index in [1.54, 1.807) is 0 Å². The molecule has 1 fully saturated rings. The molecular weight excluding hydrogens is 196 g/mol. The molecule has 0 radical (unpaired) electrons. The minimum Gasteiger partial charge on any atom is -0.394 e. The fourth-order valence-electron chi connectivity index (χ4n) is 1.48. The van der Waals surface area contributed by atoms with Gasteiger partial charge in [0.25, 0.3) is 0 Å². The van der Waals surface area contributed by atoms with E-state index in [1.165, 1.54) is 0 Å². The van der Waals surface area contributed by atoms with Crippen LogP contribution in [-0.4, -0.2) is 54.9 Å². The molecule has 1 aliphatic heterocycles. The second-order valence-corrected chi connectivity index (χ2v) is 3.47. The minimum atomic E-state index is -0.140. The molecule has 0 spiro atoms. The van der Waals surface area contributed by atoms with E-state index >= 15 is 0 Å². The Labute approximate surface area is 90.1 Å². The lowest BCUT2D eigenvalue weighted by atomic mass is 10.3. The predicted molar refractivity (Wildman–Crippen MR) is 58.3 cm³/mol. The van der Waals surface area contributed by atoms with Crippen LogP contribution in [-0.2, 0) is 4.74 Å². The van der Waals surface area contributed by atoms with Gasteiger partial charge in [-0.2, -0.15) is 0 Å². The lowest BCUT2D eigenvalue weighted by molar-refractivity contribution is -0.0349. The highest BCUT2D eigenvalue weighted by Gasteiger charge is 2.21. The summed E-state index contributed by atoms with van der Waals surface area (Å²) < 4.78 is 5.34. The van der Waals surface area contributed by atoms with Crippen molar-refractivity contribution in [3.8, 4) is 0 Å². The van der Waals surface area contributed by atoms with E-state index in [-0.39, 0.29) is 12.7 Å². The molecule has 1 aliphatic rings. The smallest absolute Gasteiger partial charge is 0.208 e. The molecule has 6 heteroatoms. The predicted octanol–water partition coefficient (Wildman–Crippen LogP) is -1.09. The summed E-state index contributed by atoms with van der Waals surface area (Å²) >= 11 is 0. The molecule has 0 saturated carbocycles. The first-order chi connectivity index (χ1) is 7.31. The van der Waals surface area contributed by atoms with Crippen LogP contribution in [0.1, 0.15) is 13.3 Å². The molecule has 0 aromatic carbocycles. The zero-order valence-corrected chi connectivity index (χ0v) is 9.15. The minimum absolute atomic E-state index is 0.0299. The van der Waals surface area contributed by atoms with Crippen molar-refractivity contribution in [2.45, 2.75) is 19.4 Å². The average molecular weight is 216 g/mol. The number of aliphatic hydroxyl groups excluding tert-OH is 1. The highest BCUT2D eigenvalue weighted by Crippen LogP contribution is 2.04. The van der Waals surface area contributed by atoms with Gasteiger partial charge in [-0.1, -0.05) is 6.92 Å². The maximum Gasteiger partial charge on any atom is 0.208 e. The van der Waals surface area contributed by atoms with Gasteiger partial charge in [0, 0.05) is 19.6 Å². The number of ether oxygens (including phenoxy) is 1. The molecule has 15 heavy (non-hydrogen) atoms. The largest absolute Gasteiger partial charge is 0.394 e. The maximum atomic E-state index is 9.00. The fourth-order valence-corrected chi connectivity index (χ4v) is 1.48. The van der Waals surface area contributed by atoms with Gasteiger partial charge >= 0.3 is 0 Å². The molecule has 4 N–H and O–H groups in total. The molecule has 0 bridgehead atoms. The van der Waals surface area contributed by atoms with E-state index in [0.29, 0.717) is 19.1 Å². The number of nitrogens with zero attached hydrogens (tertiary/aromatic N) is 2. The zero-order valence-electron chi connectivity index (χ0n) is 9.15. The molecule has 0 aromatic rings. The summed E-state index contributed by atoms with van der Waals surface area (Å²) in [5.74, 6) is 6.08. The van der Waals surface area contributed by atoms with Gasteiger partial charge in [-0.25, -0.2) is 5.84 Å². The summed E-state index contributed by atoms with van der Waals surface area (Å²) in [5.41, 5.74) is 2.59. The molecule has 1 rings (SSSR count). The molecule has 0 amide bonds. The maximum absolute atomic E-state index is 9.00. The molecular formula is C9H20N4O2. The monoisotopic (exact) mass is 216 g/mol. The first-order valence-corrected chi connectivity index (χ1v) is 5.30. The Balaban J connectivity index is 2.51. The normalized spacial score (nSPS) is 23.0. The third-order valence-corrected chi connectivity index (χ3v) is 2.26. The Kier molecular flexibility index (Phi) is 5.38. The number of guanidine groups is 1. The van der Waals surface area contributed by atoms with E-state index in [1.807, 2.05) is 4.90 Å². The van der Waals surface area contributed by atoms with Crippen LogP contribution in [0.25, 0.3) is 0 Å². The highest BCUT2D eigenvalue weighted by molar-refractivity contribution is 5.79. The number of hydrazine groups is 1. The number of hydrogen-bond acceptors (Lipinski definition) is 4. The molecule has 1 heterocycles. The van der Waals surface area contributed by atoms with Gasteiger partial charge in [0.2, 0.25) is 5.96 Å². The van der Waals surface area contributed by atoms with Crippen LogP contribution in [0, 0.1) is 0 Å². The Morgan fingerprint density at radius 3 is 3.13 bits per heavy atom. The summed E-state index contributed by atoms with van der Waals surface area (Å²) in [5, 5.41) is 9.00. The van der Waals surface area contributed by atoms with Gasteiger partial charge in [-0.05, 0) is 6.42 Å². The van der Waals surface area contributed by atoms with E-state index in [2.05, 4.69) is 17.3 Å². The first-order valence-electron chi connectivity index (χ1n) is 5.30. The molecule has 88 valence electrons. The van der Waals surface area contributed by atoms with Crippen LogP contribution in [0.3, 0.4) is 0 Å². The molecule has 0 aromatic heterocycles. The topological polar surface area (TPSA) is 83.1 Å². The van der Waals surface area contributed by atoms with Crippen molar-refractivity contribution in [2.24, 2.45) is 10.8 Å². The number of nitrogens with two attached hydrogens (primary N) is 1. The lowest BCUT2D eigenvalue weighted by Gasteiger charge is -2.33. The van der Waals surface area contributed by atoms with E-state index in [4.69, 9.17) is 15.7 Å². The molecule has 0 aliphatic carbocycles. The number of hydrogen-bond donors (Lipinski definition) is 3. The third kappa shape index (κ3) is 3.65. The number of aliphatic hydroxyl groups is 1. The van der Waals surface area contributed by atoms with Crippen molar-refractivity contribution in [3.63, 3.8) is 0 Å². The Hall–Kier alpha value is -0.850. The Bertz CT molecular complexity index is 210. The van der Waals surface area contributed by atoms with Gasteiger partial charge in [0.15, 0.2) is 0 Å². The SMILES string of the molecule is CCCN=C(NN)N1CCOC(CO)C1. The molecule has 1 saturated heterocycles. The number of rotatable bonds is 3. The van der Waals surface area contributed by atoms with Gasteiger partial charge in [0.05, 0.1) is 19.3 Å². The van der Waals surface area contributed by atoms with Crippen molar-refractivity contribution < 1.29 is 9.84 Å². The molecule has 6 nitrogen and oxygen atoms in total. The Morgan fingerprint density at radius 1 is 1.73 bits per heavy atom. The van der Waals surface area contributed by atoms with Crippen LogP contribution in [0.15, 0.2) is 4.99 Å². The van der Waals surface area contributed by atoms with Gasteiger partial charge in [0.1, 0.15) is 0 Å². The van der Waals surface area contributed by atoms with Crippen LogP contribution in [0.5, 0.6) is 0 Å². The van der Waals surface area contributed by atoms with E-state index < -0.39 is 0 Å². The summed E-state index contributed by atoms with van der Waals surface area (Å²) in [4.78, 5) is 6.32. The lowest BCUT2D eigenvalue weighted by Crippen LogP contribution is -2.53. The summed E-state index contributed by atoms with van der Waals surface area (Å²) in [6.45, 7) is 4.82. The van der Waals surface area contributed by atoms with Gasteiger partial charge in [-0.3, -0.25) is 10.4 Å². The quantitative estimate of drug-likeness (QED) is 0.242. The summed E-state index contributed by atoms with van der Waals surface area (Å²) in [7, 11) is 0. The average Bonchev–Trinajstić information content (AvgIpc) is 2.30. The summed E-state index contributed by atoms with van der Waals surface area (Å²) in [6.07, 6.45) is 0.845. The van der Waals surface area contributed by atoms with Gasteiger partial charge < -0.3 is 14.7 Å². The van der Waals surface area contributed by atoms with E-state index in [9.17, 15) is 0 Å². The third-order valence-electron chi connectivity index (χ3n) is 2.26.